The summed E-state index contributed by atoms with van der Waals surface area (Å²) in [7, 11) is 0. The Balaban J connectivity index is 2.16. The lowest BCUT2D eigenvalue weighted by molar-refractivity contribution is -0.125. The molecule has 2 heterocycles. The smallest absolute Gasteiger partial charge is 0.234 e. The molecule has 0 bridgehead atoms. The molecule has 0 saturated heterocycles. The minimum atomic E-state index is -0.423. The fourth-order valence-corrected chi connectivity index (χ4v) is 1.45. The number of halogens is 1. The Bertz CT molecular complexity index is 585. The van der Waals surface area contributed by atoms with Crippen molar-refractivity contribution in [3.63, 3.8) is 0 Å². The molecule has 0 aliphatic rings. The van der Waals surface area contributed by atoms with Crippen LogP contribution in [0.5, 0.6) is 0 Å². The number of carbonyl (C=O) groups excluding carboxylic acids is 1. The number of hydrogen-bond donors (Lipinski definition) is 0. The molecule has 0 spiro atoms. The third-order valence-electron chi connectivity index (χ3n) is 2.57. The van der Waals surface area contributed by atoms with Gasteiger partial charge in [-0.25, -0.2) is 0 Å². The highest BCUT2D eigenvalue weighted by Crippen LogP contribution is 2.19. The first kappa shape index (κ1) is 13.7. The van der Waals surface area contributed by atoms with E-state index in [1.807, 2.05) is 20.8 Å². The van der Waals surface area contributed by atoms with Crippen molar-refractivity contribution in [1.82, 2.24) is 15.1 Å². The van der Waals surface area contributed by atoms with Crippen LogP contribution >= 0.6 is 11.6 Å². The number of pyridine rings is 1. The average Bonchev–Trinajstić information content (AvgIpc) is 2.77. The molecule has 2 rings (SSSR count). The van der Waals surface area contributed by atoms with Gasteiger partial charge in [-0.1, -0.05) is 37.5 Å². The normalized spacial score (nSPS) is 11.6. The predicted molar refractivity (Wildman–Crippen MR) is 70.7 cm³/mol. The number of hydrogen-bond acceptors (Lipinski definition) is 5. The van der Waals surface area contributed by atoms with Gasteiger partial charge in [0.1, 0.15) is 11.5 Å². The van der Waals surface area contributed by atoms with E-state index >= 15 is 0 Å². The largest absolute Gasteiger partial charge is 0.338 e. The van der Waals surface area contributed by atoms with Crippen LogP contribution < -0.4 is 0 Å². The zero-order valence-electron chi connectivity index (χ0n) is 11.0. The summed E-state index contributed by atoms with van der Waals surface area (Å²) in [6.45, 7) is 5.56. The summed E-state index contributed by atoms with van der Waals surface area (Å²) in [6, 6.07) is 3.39. The van der Waals surface area contributed by atoms with Gasteiger partial charge < -0.3 is 4.52 Å². The Morgan fingerprint density at radius 3 is 2.68 bits per heavy atom. The van der Waals surface area contributed by atoms with E-state index in [1.165, 1.54) is 6.20 Å². The Morgan fingerprint density at radius 2 is 2.11 bits per heavy atom. The average molecular weight is 280 g/mol. The molecule has 5 nitrogen and oxygen atoms in total. The van der Waals surface area contributed by atoms with E-state index in [9.17, 15) is 4.79 Å². The maximum absolute atomic E-state index is 11.9. The molecular formula is C13H14ClN3O2. The molecule has 0 aliphatic heterocycles. The van der Waals surface area contributed by atoms with Gasteiger partial charge in [-0.05, 0) is 12.1 Å². The number of Topliss-reactive ketones (excluding diaryl/α,β-unsaturated/α-hetero) is 1. The van der Waals surface area contributed by atoms with E-state index in [-0.39, 0.29) is 12.2 Å². The summed E-state index contributed by atoms with van der Waals surface area (Å²) < 4.78 is 5.06. The first-order valence-electron chi connectivity index (χ1n) is 5.84. The molecule has 2 aromatic heterocycles. The highest BCUT2D eigenvalue weighted by atomic mass is 35.5. The molecule has 0 saturated carbocycles. The molecule has 0 atom stereocenters. The zero-order chi connectivity index (χ0) is 14.0. The molecular weight excluding hydrogens is 266 g/mol. The van der Waals surface area contributed by atoms with E-state index in [2.05, 4.69) is 15.1 Å². The highest BCUT2D eigenvalue weighted by molar-refractivity contribution is 6.30. The number of carbonyl (C=O) groups is 1. The third kappa shape index (κ3) is 3.38. The lowest BCUT2D eigenvalue weighted by Crippen LogP contribution is -2.22. The molecule has 6 heteroatoms. The Morgan fingerprint density at radius 1 is 1.37 bits per heavy atom. The maximum atomic E-state index is 11.9. The highest BCUT2D eigenvalue weighted by Gasteiger charge is 2.24. The quantitative estimate of drug-likeness (QED) is 0.864. The topological polar surface area (TPSA) is 68.9 Å². The molecule has 0 aromatic carbocycles. The molecule has 0 unspecified atom stereocenters. The standard InChI is InChI=1S/C13H14ClN3O2/c1-13(2,3)10(18)6-11-16-12(17-19-11)9-5-4-8(14)7-15-9/h4-5,7H,6H2,1-3H3. The second-order valence-electron chi connectivity index (χ2n) is 5.22. The van der Waals surface area contributed by atoms with Crippen molar-refractivity contribution in [2.24, 2.45) is 5.41 Å². The second-order valence-corrected chi connectivity index (χ2v) is 5.66. The fraction of sp³-hybridized carbons (Fsp3) is 0.385. The monoisotopic (exact) mass is 279 g/mol. The van der Waals surface area contributed by atoms with Crippen LogP contribution in [0.15, 0.2) is 22.9 Å². The van der Waals surface area contributed by atoms with Crippen LogP contribution in [0.4, 0.5) is 0 Å². The van der Waals surface area contributed by atoms with Crippen molar-refractivity contribution < 1.29 is 9.32 Å². The van der Waals surface area contributed by atoms with Gasteiger partial charge in [-0.3, -0.25) is 9.78 Å². The summed E-state index contributed by atoms with van der Waals surface area (Å²) in [5.41, 5.74) is 0.135. The van der Waals surface area contributed by atoms with Gasteiger partial charge in [0.05, 0.1) is 11.4 Å². The molecule has 0 N–H and O–H groups in total. The fourth-order valence-electron chi connectivity index (χ4n) is 1.34. The number of ketones is 1. The summed E-state index contributed by atoms with van der Waals surface area (Å²) in [5, 5.41) is 4.34. The Kier molecular flexibility index (Phi) is 3.66. The molecule has 0 aliphatic carbocycles. The van der Waals surface area contributed by atoms with Crippen LogP contribution in [0.25, 0.3) is 11.5 Å². The van der Waals surface area contributed by atoms with Crippen molar-refractivity contribution in [3.05, 3.63) is 29.2 Å². The molecule has 0 radical (unpaired) electrons. The van der Waals surface area contributed by atoms with Gasteiger partial charge in [-0.15, -0.1) is 0 Å². The van der Waals surface area contributed by atoms with Gasteiger partial charge in [0.15, 0.2) is 0 Å². The van der Waals surface area contributed by atoms with Crippen LogP contribution in [0, 0.1) is 5.41 Å². The molecule has 19 heavy (non-hydrogen) atoms. The number of aromatic nitrogens is 3. The lowest BCUT2D eigenvalue weighted by Gasteiger charge is -2.14. The lowest BCUT2D eigenvalue weighted by atomic mass is 9.89. The molecule has 2 aromatic rings. The number of rotatable bonds is 3. The van der Waals surface area contributed by atoms with Gasteiger partial charge >= 0.3 is 0 Å². The van der Waals surface area contributed by atoms with Gasteiger partial charge in [0.25, 0.3) is 0 Å². The summed E-state index contributed by atoms with van der Waals surface area (Å²) in [4.78, 5) is 20.1. The van der Waals surface area contributed by atoms with Crippen LogP contribution in [0.1, 0.15) is 26.7 Å². The zero-order valence-corrected chi connectivity index (χ0v) is 11.7. The van der Waals surface area contributed by atoms with Gasteiger partial charge in [0.2, 0.25) is 11.7 Å². The van der Waals surface area contributed by atoms with Crippen molar-refractivity contribution in [2.45, 2.75) is 27.2 Å². The van der Waals surface area contributed by atoms with Crippen LogP contribution in [0.3, 0.4) is 0 Å². The van der Waals surface area contributed by atoms with Crippen LogP contribution in [0.2, 0.25) is 5.02 Å². The van der Waals surface area contributed by atoms with Crippen molar-refractivity contribution >= 4 is 17.4 Å². The van der Waals surface area contributed by atoms with Crippen LogP contribution in [-0.2, 0) is 11.2 Å². The van der Waals surface area contributed by atoms with Gasteiger partial charge in [-0.2, -0.15) is 4.98 Å². The maximum Gasteiger partial charge on any atom is 0.234 e. The molecule has 0 amide bonds. The van der Waals surface area contributed by atoms with E-state index in [1.54, 1.807) is 12.1 Å². The number of nitrogens with zero attached hydrogens (tertiary/aromatic N) is 3. The van der Waals surface area contributed by atoms with E-state index < -0.39 is 5.41 Å². The summed E-state index contributed by atoms with van der Waals surface area (Å²) in [6.07, 6.45) is 1.64. The van der Waals surface area contributed by atoms with Crippen molar-refractivity contribution in [1.29, 1.82) is 0 Å². The third-order valence-corrected chi connectivity index (χ3v) is 2.80. The predicted octanol–water partition coefficient (Wildman–Crippen LogP) is 2.94. The first-order valence-corrected chi connectivity index (χ1v) is 6.22. The summed E-state index contributed by atoms with van der Waals surface area (Å²) in [5.74, 6) is 0.701. The summed E-state index contributed by atoms with van der Waals surface area (Å²) >= 11 is 5.75. The van der Waals surface area contributed by atoms with E-state index in [4.69, 9.17) is 16.1 Å². The Hall–Kier alpha value is -1.75. The Labute approximate surface area is 116 Å². The second kappa shape index (κ2) is 5.09. The van der Waals surface area contributed by atoms with E-state index in [0.717, 1.165) is 0 Å². The molecule has 100 valence electrons. The van der Waals surface area contributed by atoms with Crippen molar-refractivity contribution in [3.8, 4) is 11.5 Å². The SMILES string of the molecule is CC(C)(C)C(=O)Cc1nc(-c2ccc(Cl)cn2)no1. The first-order chi connectivity index (χ1) is 8.86. The van der Waals surface area contributed by atoms with E-state index in [0.29, 0.717) is 22.4 Å². The van der Waals surface area contributed by atoms with Crippen LogP contribution in [-0.4, -0.2) is 20.9 Å². The van der Waals surface area contributed by atoms with Gasteiger partial charge in [0, 0.05) is 11.6 Å². The molecule has 0 fully saturated rings. The van der Waals surface area contributed by atoms with Crippen molar-refractivity contribution in [2.75, 3.05) is 0 Å². The minimum Gasteiger partial charge on any atom is -0.338 e. The minimum absolute atomic E-state index is 0.0479.